The second-order valence-corrected chi connectivity index (χ2v) is 4.87. The first-order chi connectivity index (χ1) is 6.37. The second kappa shape index (κ2) is 6.35. The normalized spacial score (nSPS) is 14.8. The molecule has 1 unspecified atom stereocenters. The van der Waals surface area contributed by atoms with Crippen LogP contribution in [0.2, 0.25) is 0 Å². The molecular formula is C10H24N2O2. The van der Waals surface area contributed by atoms with Gasteiger partial charge in [0.1, 0.15) is 0 Å². The smallest absolute Gasteiger partial charge is 0.0894 e. The minimum absolute atomic E-state index is 0.179. The van der Waals surface area contributed by atoms with E-state index in [1.165, 1.54) is 0 Å². The van der Waals surface area contributed by atoms with Gasteiger partial charge in [-0.1, -0.05) is 13.8 Å². The summed E-state index contributed by atoms with van der Waals surface area (Å²) in [5, 5.41) is 20.9. The molecule has 0 aromatic heterocycles. The topological polar surface area (TPSA) is 55.7 Å². The van der Waals surface area contributed by atoms with Crippen LogP contribution in [-0.4, -0.2) is 61.6 Å². The molecule has 0 saturated carbocycles. The highest BCUT2D eigenvalue weighted by Gasteiger charge is 2.18. The van der Waals surface area contributed by atoms with Crippen LogP contribution in [0.4, 0.5) is 0 Å². The predicted octanol–water partition coefficient (Wildman–Crippen LogP) is -0.483. The lowest BCUT2D eigenvalue weighted by Gasteiger charge is -2.28. The highest BCUT2D eigenvalue weighted by molar-refractivity contribution is 4.74. The largest absolute Gasteiger partial charge is 0.394 e. The maximum Gasteiger partial charge on any atom is 0.0894 e. The van der Waals surface area contributed by atoms with Gasteiger partial charge in [-0.15, -0.1) is 0 Å². The number of hydrogen-bond acceptors (Lipinski definition) is 4. The van der Waals surface area contributed by atoms with Crippen molar-refractivity contribution >= 4 is 0 Å². The SMILES string of the molecule is CN(C)CC(C)(C)CNCC(O)CO. The van der Waals surface area contributed by atoms with Crippen molar-refractivity contribution in [1.29, 1.82) is 0 Å². The summed E-state index contributed by atoms with van der Waals surface area (Å²) in [4.78, 5) is 2.14. The van der Waals surface area contributed by atoms with Crippen molar-refractivity contribution < 1.29 is 10.2 Å². The van der Waals surface area contributed by atoms with E-state index in [4.69, 9.17) is 10.2 Å². The third-order valence-electron chi connectivity index (χ3n) is 1.94. The minimum atomic E-state index is -0.648. The molecule has 0 amide bonds. The average molecular weight is 204 g/mol. The van der Waals surface area contributed by atoms with E-state index in [-0.39, 0.29) is 12.0 Å². The Morgan fingerprint density at radius 3 is 2.36 bits per heavy atom. The van der Waals surface area contributed by atoms with Gasteiger partial charge in [-0.25, -0.2) is 0 Å². The fourth-order valence-electron chi connectivity index (χ4n) is 1.55. The fraction of sp³-hybridized carbons (Fsp3) is 1.00. The molecule has 14 heavy (non-hydrogen) atoms. The van der Waals surface area contributed by atoms with Gasteiger partial charge in [-0.3, -0.25) is 0 Å². The molecule has 0 aliphatic heterocycles. The molecule has 0 rings (SSSR count). The fourth-order valence-corrected chi connectivity index (χ4v) is 1.55. The summed E-state index contributed by atoms with van der Waals surface area (Å²) >= 11 is 0. The number of aliphatic hydroxyl groups excluding tert-OH is 2. The van der Waals surface area contributed by atoms with Crippen molar-refractivity contribution in [3.05, 3.63) is 0 Å². The van der Waals surface area contributed by atoms with Crippen molar-refractivity contribution in [2.24, 2.45) is 5.41 Å². The zero-order chi connectivity index (χ0) is 11.2. The lowest BCUT2D eigenvalue weighted by atomic mass is 9.93. The van der Waals surface area contributed by atoms with Gasteiger partial charge in [0, 0.05) is 19.6 Å². The van der Waals surface area contributed by atoms with Gasteiger partial charge in [0.25, 0.3) is 0 Å². The van der Waals surface area contributed by atoms with Crippen LogP contribution in [0.3, 0.4) is 0 Å². The van der Waals surface area contributed by atoms with E-state index in [0.717, 1.165) is 13.1 Å². The lowest BCUT2D eigenvalue weighted by Crippen LogP contribution is -2.40. The summed E-state index contributed by atoms with van der Waals surface area (Å²) in [6, 6.07) is 0. The van der Waals surface area contributed by atoms with Crippen molar-refractivity contribution in [2.45, 2.75) is 20.0 Å². The Hall–Kier alpha value is -0.160. The highest BCUT2D eigenvalue weighted by atomic mass is 16.3. The molecule has 0 saturated heterocycles. The van der Waals surface area contributed by atoms with Crippen LogP contribution >= 0.6 is 0 Å². The summed E-state index contributed by atoms with van der Waals surface area (Å²) < 4.78 is 0. The first-order valence-electron chi connectivity index (χ1n) is 5.02. The van der Waals surface area contributed by atoms with Crippen LogP contribution in [0.5, 0.6) is 0 Å². The van der Waals surface area contributed by atoms with Crippen LogP contribution in [-0.2, 0) is 0 Å². The maximum absolute atomic E-state index is 9.11. The van der Waals surface area contributed by atoms with E-state index in [2.05, 4.69) is 24.1 Å². The Kier molecular flexibility index (Phi) is 6.27. The number of rotatable bonds is 7. The molecule has 86 valence electrons. The Labute approximate surface area is 86.9 Å². The quantitative estimate of drug-likeness (QED) is 0.524. The Morgan fingerprint density at radius 1 is 1.36 bits per heavy atom. The van der Waals surface area contributed by atoms with Crippen molar-refractivity contribution in [2.75, 3.05) is 40.3 Å². The predicted molar refractivity (Wildman–Crippen MR) is 58.3 cm³/mol. The molecule has 4 nitrogen and oxygen atoms in total. The third-order valence-corrected chi connectivity index (χ3v) is 1.94. The molecule has 0 aromatic carbocycles. The van der Waals surface area contributed by atoms with Crippen molar-refractivity contribution in [3.8, 4) is 0 Å². The summed E-state index contributed by atoms with van der Waals surface area (Å²) in [7, 11) is 4.09. The Balaban J connectivity index is 3.65. The number of nitrogens with one attached hydrogen (secondary N) is 1. The van der Waals surface area contributed by atoms with Crippen LogP contribution in [0.1, 0.15) is 13.8 Å². The van der Waals surface area contributed by atoms with Crippen LogP contribution < -0.4 is 5.32 Å². The van der Waals surface area contributed by atoms with Gasteiger partial charge in [0.2, 0.25) is 0 Å². The molecule has 0 radical (unpaired) electrons. The van der Waals surface area contributed by atoms with Gasteiger partial charge in [0.15, 0.2) is 0 Å². The van der Waals surface area contributed by atoms with E-state index in [1.54, 1.807) is 0 Å². The van der Waals surface area contributed by atoms with E-state index in [9.17, 15) is 0 Å². The molecule has 0 fully saturated rings. The highest BCUT2D eigenvalue weighted by Crippen LogP contribution is 2.13. The first-order valence-corrected chi connectivity index (χ1v) is 5.02. The van der Waals surface area contributed by atoms with Gasteiger partial charge < -0.3 is 20.4 Å². The zero-order valence-electron chi connectivity index (χ0n) is 9.75. The number of aliphatic hydroxyl groups is 2. The van der Waals surface area contributed by atoms with E-state index in [1.807, 2.05) is 14.1 Å². The molecule has 0 bridgehead atoms. The van der Waals surface area contributed by atoms with Crippen LogP contribution in [0, 0.1) is 5.41 Å². The Bertz CT molecular complexity index is 149. The maximum atomic E-state index is 9.11. The number of nitrogens with zero attached hydrogens (tertiary/aromatic N) is 1. The lowest BCUT2D eigenvalue weighted by molar-refractivity contribution is 0.0909. The molecule has 0 aliphatic carbocycles. The van der Waals surface area contributed by atoms with E-state index >= 15 is 0 Å². The summed E-state index contributed by atoms with van der Waals surface area (Å²) in [6.45, 7) is 6.45. The standard InChI is InChI=1S/C10H24N2O2/c1-10(2,8-12(3)4)7-11-5-9(14)6-13/h9,11,13-14H,5-8H2,1-4H3. The van der Waals surface area contributed by atoms with Crippen LogP contribution in [0.25, 0.3) is 0 Å². The third kappa shape index (κ3) is 7.26. The summed E-state index contributed by atoms with van der Waals surface area (Å²) in [5.74, 6) is 0. The van der Waals surface area contributed by atoms with Crippen LogP contribution in [0.15, 0.2) is 0 Å². The molecule has 0 aromatic rings. The summed E-state index contributed by atoms with van der Waals surface area (Å²) in [6.07, 6.45) is -0.648. The number of hydrogen-bond donors (Lipinski definition) is 3. The van der Waals surface area contributed by atoms with Gasteiger partial charge >= 0.3 is 0 Å². The van der Waals surface area contributed by atoms with Gasteiger partial charge in [0.05, 0.1) is 12.7 Å². The summed E-state index contributed by atoms with van der Waals surface area (Å²) in [5.41, 5.74) is 0.179. The first kappa shape index (κ1) is 13.8. The van der Waals surface area contributed by atoms with E-state index < -0.39 is 6.10 Å². The van der Waals surface area contributed by atoms with Gasteiger partial charge in [-0.05, 0) is 19.5 Å². The van der Waals surface area contributed by atoms with E-state index in [0.29, 0.717) is 6.54 Å². The molecule has 0 heterocycles. The zero-order valence-corrected chi connectivity index (χ0v) is 9.75. The Morgan fingerprint density at radius 2 is 1.93 bits per heavy atom. The molecule has 0 aliphatic rings. The monoisotopic (exact) mass is 204 g/mol. The second-order valence-electron chi connectivity index (χ2n) is 4.87. The molecule has 0 spiro atoms. The minimum Gasteiger partial charge on any atom is -0.394 e. The van der Waals surface area contributed by atoms with Gasteiger partial charge in [-0.2, -0.15) is 0 Å². The molecule has 1 atom stereocenters. The molecule has 3 N–H and O–H groups in total. The van der Waals surface area contributed by atoms with Crippen molar-refractivity contribution in [3.63, 3.8) is 0 Å². The molecule has 4 heteroatoms. The molecular weight excluding hydrogens is 180 g/mol. The average Bonchev–Trinajstić information content (AvgIpc) is 2.01. The van der Waals surface area contributed by atoms with Crippen molar-refractivity contribution in [1.82, 2.24) is 10.2 Å².